The fourth-order valence-corrected chi connectivity index (χ4v) is 2.53. The molecule has 1 amide bonds. The molecule has 7 nitrogen and oxygen atoms in total. The van der Waals surface area contributed by atoms with Crippen LogP contribution in [0.4, 0.5) is 14.6 Å². The monoisotopic (exact) mass is 460 g/mol. The van der Waals surface area contributed by atoms with Crippen molar-refractivity contribution in [2.45, 2.75) is 13.5 Å². The zero-order chi connectivity index (χ0) is 22.3. The van der Waals surface area contributed by atoms with E-state index in [1.54, 1.807) is 6.92 Å². The highest BCUT2D eigenvalue weighted by Gasteiger charge is 2.13. The molecule has 0 aliphatic heterocycles. The van der Waals surface area contributed by atoms with Gasteiger partial charge >= 0.3 is 12.6 Å². The number of esters is 1. The van der Waals surface area contributed by atoms with Crippen LogP contribution in [-0.2, 0) is 14.3 Å². The fourth-order valence-electron chi connectivity index (χ4n) is 2.14. The molecule has 0 aliphatic carbocycles. The molecule has 2 rings (SSSR count). The fraction of sp³-hybridized carbons (Fsp3) is 0.211. The molecule has 11 heteroatoms. The van der Waals surface area contributed by atoms with E-state index in [2.05, 4.69) is 15.0 Å². The second-order valence-corrected chi connectivity index (χ2v) is 6.46. The molecule has 1 heterocycles. The summed E-state index contributed by atoms with van der Waals surface area (Å²) in [6.07, 6.45) is 3.75. The third-order valence-corrected chi connectivity index (χ3v) is 4.46. The SMILES string of the molecule is COc1cc(/C=C/C(=O)OCC(=O)Nc2ncc(Cl)c(C)c2Cl)ccc1OC(F)F. The number of hydrogen-bond acceptors (Lipinski definition) is 6. The average Bonchev–Trinajstić information content (AvgIpc) is 2.71. The first-order valence-corrected chi connectivity index (χ1v) is 9.05. The summed E-state index contributed by atoms with van der Waals surface area (Å²) in [6.45, 7) is -1.91. The highest BCUT2D eigenvalue weighted by Crippen LogP contribution is 2.30. The maximum absolute atomic E-state index is 12.3. The molecule has 0 atom stereocenters. The lowest BCUT2D eigenvalue weighted by atomic mass is 10.2. The minimum atomic E-state index is -3.00. The Morgan fingerprint density at radius 1 is 1.27 bits per heavy atom. The molecule has 0 aliphatic rings. The van der Waals surface area contributed by atoms with Gasteiger partial charge in [0.2, 0.25) is 0 Å². The highest BCUT2D eigenvalue weighted by molar-refractivity contribution is 6.37. The van der Waals surface area contributed by atoms with Crippen LogP contribution in [0.3, 0.4) is 0 Å². The number of ether oxygens (including phenoxy) is 3. The number of hydrogen-bond donors (Lipinski definition) is 1. The zero-order valence-corrected chi connectivity index (χ0v) is 17.3. The van der Waals surface area contributed by atoms with Crippen molar-refractivity contribution in [3.05, 3.63) is 51.6 Å². The van der Waals surface area contributed by atoms with Crippen LogP contribution < -0.4 is 14.8 Å². The van der Waals surface area contributed by atoms with E-state index in [0.29, 0.717) is 16.1 Å². The Morgan fingerprint density at radius 3 is 2.67 bits per heavy atom. The molecule has 30 heavy (non-hydrogen) atoms. The summed E-state index contributed by atoms with van der Waals surface area (Å²) in [4.78, 5) is 27.6. The molecule has 0 saturated carbocycles. The molecule has 160 valence electrons. The van der Waals surface area contributed by atoms with Gasteiger partial charge in [0, 0.05) is 12.3 Å². The maximum atomic E-state index is 12.3. The molecule has 0 fully saturated rings. The van der Waals surface area contributed by atoms with Crippen LogP contribution >= 0.6 is 23.2 Å². The molecule has 0 saturated heterocycles. The topological polar surface area (TPSA) is 86.8 Å². The third kappa shape index (κ3) is 6.57. The summed E-state index contributed by atoms with van der Waals surface area (Å²) in [6, 6.07) is 4.10. The summed E-state index contributed by atoms with van der Waals surface area (Å²) in [5.74, 6) is -1.44. The summed E-state index contributed by atoms with van der Waals surface area (Å²) in [7, 11) is 1.29. The maximum Gasteiger partial charge on any atom is 0.387 e. The van der Waals surface area contributed by atoms with E-state index in [0.717, 1.165) is 6.08 Å². The van der Waals surface area contributed by atoms with Crippen molar-refractivity contribution in [2.75, 3.05) is 19.0 Å². The van der Waals surface area contributed by atoms with Crippen LogP contribution in [0.15, 0.2) is 30.5 Å². The first-order valence-electron chi connectivity index (χ1n) is 8.29. The number of methoxy groups -OCH3 is 1. The Labute approximate surface area is 180 Å². The quantitative estimate of drug-likeness (QED) is 0.460. The second-order valence-electron chi connectivity index (χ2n) is 5.67. The van der Waals surface area contributed by atoms with Gasteiger partial charge in [-0.3, -0.25) is 4.79 Å². The smallest absolute Gasteiger partial charge is 0.387 e. The van der Waals surface area contributed by atoms with E-state index in [-0.39, 0.29) is 22.3 Å². The summed E-state index contributed by atoms with van der Waals surface area (Å²) in [5.41, 5.74) is 1.01. The number of alkyl halides is 2. The van der Waals surface area contributed by atoms with Gasteiger partial charge in [-0.15, -0.1) is 0 Å². The molecule has 1 aromatic carbocycles. The molecular formula is C19H16Cl2F2N2O5. The molecular weight excluding hydrogens is 445 g/mol. The van der Waals surface area contributed by atoms with Gasteiger partial charge in [0.05, 0.1) is 17.2 Å². The number of nitrogens with one attached hydrogen (secondary N) is 1. The number of carbonyl (C=O) groups is 2. The van der Waals surface area contributed by atoms with E-state index in [4.69, 9.17) is 32.7 Å². The van der Waals surface area contributed by atoms with Crippen molar-refractivity contribution in [1.29, 1.82) is 0 Å². The van der Waals surface area contributed by atoms with Gasteiger partial charge in [0.25, 0.3) is 5.91 Å². The van der Waals surface area contributed by atoms with Crippen LogP contribution in [0.2, 0.25) is 10.0 Å². The normalized spacial score (nSPS) is 10.9. The Morgan fingerprint density at radius 2 is 2.00 bits per heavy atom. The third-order valence-electron chi connectivity index (χ3n) is 3.62. The largest absolute Gasteiger partial charge is 0.493 e. The molecule has 0 spiro atoms. The van der Waals surface area contributed by atoms with Crippen molar-refractivity contribution in [1.82, 2.24) is 4.98 Å². The van der Waals surface area contributed by atoms with Gasteiger partial charge in [-0.1, -0.05) is 29.3 Å². The Hall–Kier alpha value is -2.91. The van der Waals surface area contributed by atoms with E-state index in [1.165, 1.54) is 37.6 Å². The van der Waals surface area contributed by atoms with Crippen molar-refractivity contribution in [3.8, 4) is 11.5 Å². The molecule has 0 bridgehead atoms. The van der Waals surface area contributed by atoms with Gasteiger partial charge in [-0.25, -0.2) is 9.78 Å². The van der Waals surface area contributed by atoms with E-state index >= 15 is 0 Å². The molecule has 1 N–H and O–H groups in total. The van der Waals surface area contributed by atoms with Crippen LogP contribution in [0.25, 0.3) is 6.08 Å². The number of carbonyl (C=O) groups excluding carboxylic acids is 2. The van der Waals surface area contributed by atoms with Crippen molar-refractivity contribution in [3.63, 3.8) is 0 Å². The first-order chi connectivity index (χ1) is 14.2. The van der Waals surface area contributed by atoms with Crippen LogP contribution in [0, 0.1) is 6.92 Å². The van der Waals surface area contributed by atoms with Gasteiger partial charge in [0.1, 0.15) is 0 Å². The number of amides is 1. The number of pyridine rings is 1. The number of nitrogens with zero attached hydrogens (tertiary/aromatic N) is 1. The lowest BCUT2D eigenvalue weighted by molar-refractivity contribution is -0.142. The molecule has 1 aromatic heterocycles. The minimum absolute atomic E-state index is 0.0628. The number of aromatic nitrogens is 1. The standard InChI is InChI=1S/C19H16Cl2F2N2O5/c1-10-12(20)8-24-18(17(10)21)25-15(26)9-29-16(27)6-4-11-3-5-13(30-19(22)23)14(7-11)28-2/h3-8,19H,9H2,1-2H3,(H,24,25,26)/b6-4+. The summed E-state index contributed by atoms with van der Waals surface area (Å²) < 4.78 is 38.8. The van der Waals surface area contributed by atoms with E-state index in [9.17, 15) is 18.4 Å². The van der Waals surface area contributed by atoms with E-state index < -0.39 is 25.1 Å². The number of halogens is 4. The van der Waals surface area contributed by atoms with Gasteiger partial charge < -0.3 is 19.5 Å². The number of benzene rings is 1. The Bertz CT molecular complexity index is 970. The van der Waals surface area contributed by atoms with Crippen molar-refractivity contribution in [2.24, 2.45) is 0 Å². The van der Waals surface area contributed by atoms with Crippen molar-refractivity contribution < 1.29 is 32.6 Å². The Kier molecular flexibility index (Phi) is 8.37. The second kappa shape index (κ2) is 10.7. The van der Waals surface area contributed by atoms with Gasteiger partial charge in [-0.05, 0) is 36.3 Å². The lowest BCUT2D eigenvalue weighted by Gasteiger charge is -2.10. The average molecular weight is 461 g/mol. The highest BCUT2D eigenvalue weighted by atomic mass is 35.5. The van der Waals surface area contributed by atoms with Crippen molar-refractivity contribution >= 4 is 47.0 Å². The molecule has 2 aromatic rings. The Balaban J connectivity index is 1.92. The van der Waals surface area contributed by atoms with E-state index in [1.807, 2.05) is 0 Å². The lowest BCUT2D eigenvalue weighted by Crippen LogP contribution is -2.21. The van der Waals surface area contributed by atoms with Gasteiger partial charge in [-0.2, -0.15) is 8.78 Å². The predicted molar refractivity (Wildman–Crippen MR) is 107 cm³/mol. The predicted octanol–water partition coefficient (Wildman–Crippen LogP) is 4.50. The zero-order valence-electron chi connectivity index (χ0n) is 15.7. The first kappa shape index (κ1) is 23.4. The van der Waals surface area contributed by atoms with Crippen LogP contribution in [-0.4, -0.2) is 37.2 Å². The summed E-state index contributed by atoms with van der Waals surface area (Å²) in [5, 5.41) is 2.93. The number of rotatable bonds is 8. The number of anilines is 1. The van der Waals surface area contributed by atoms with Gasteiger partial charge in [0.15, 0.2) is 23.9 Å². The van der Waals surface area contributed by atoms with Crippen LogP contribution in [0.1, 0.15) is 11.1 Å². The molecule has 0 radical (unpaired) electrons. The summed E-state index contributed by atoms with van der Waals surface area (Å²) >= 11 is 11.9. The molecule has 0 unspecified atom stereocenters. The van der Waals surface area contributed by atoms with Crippen LogP contribution in [0.5, 0.6) is 11.5 Å². The minimum Gasteiger partial charge on any atom is -0.493 e.